The topological polar surface area (TPSA) is 58.6 Å². The van der Waals surface area contributed by atoms with Crippen LogP contribution in [0.3, 0.4) is 0 Å². The molecule has 100 valence electrons. The van der Waals surface area contributed by atoms with Gasteiger partial charge in [0.15, 0.2) is 6.10 Å². The SMILES string of the molecule is CCNC(=O)C(C)Oc1ccc(O)c2ccccc12. The number of carbonyl (C=O) groups is 1. The first-order valence-electron chi connectivity index (χ1n) is 6.28. The van der Waals surface area contributed by atoms with Crippen LogP contribution < -0.4 is 10.1 Å². The van der Waals surface area contributed by atoms with Gasteiger partial charge >= 0.3 is 0 Å². The summed E-state index contributed by atoms with van der Waals surface area (Å²) in [6, 6.07) is 10.6. The number of nitrogens with one attached hydrogen (secondary N) is 1. The monoisotopic (exact) mass is 259 g/mol. The summed E-state index contributed by atoms with van der Waals surface area (Å²) in [5, 5.41) is 14.0. The smallest absolute Gasteiger partial charge is 0.260 e. The van der Waals surface area contributed by atoms with Crippen LogP contribution in [-0.2, 0) is 4.79 Å². The van der Waals surface area contributed by atoms with E-state index in [1.807, 2.05) is 31.2 Å². The number of benzene rings is 2. The fourth-order valence-corrected chi connectivity index (χ4v) is 1.92. The molecule has 0 radical (unpaired) electrons. The lowest BCUT2D eigenvalue weighted by atomic mass is 10.1. The second-order valence-electron chi connectivity index (χ2n) is 4.28. The molecule has 4 heteroatoms. The van der Waals surface area contributed by atoms with Crippen molar-refractivity contribution < 1.29 is 14.6 Å². The molecule has 0 spiro atoms. The Hall–Kier alpha value is -2.23. The second kappa shape index (κ2) is 5.61. The first kappa shape index (κ1) is 13.2. The highest BCUT2D eigenvalue weighted by molar-refractivity contribution is 5.93. The molecule has 0 aliphatic rings. The predicted molar refractivity (Wildman–Crippen MR) is 74.4 cm³/mol. The highest BCUT2D eigenvalue weighted by atomic mass is 16.5. The number of phenolic OH excluding ortho intramolecular Hbond substituents is 1. The number of ether oxygens (including phenoxy) is 1. The number of amides is 1. The van der Waals surface area contributed by atoms with Crippen LogP contribution in [0.4, 0.5) is 0 Å². The van der Waals surface area contributed by atoms with E-state index in [0.717, 1.165) is 5.39 Å². The van der Waals surface area contributed by atoms with Crippen LogP contribution in [0, 0.1) is 0 Å². The van der Waals surface area contributed by atoms with E-state index in [1.54, 1.807) is 19.1 Å². The molecule has 0 heterocycles. The van der Waals surface area contributed by atoms with Crippen LogP contribution in [-0.4, -0.2) is 23.7 Å². The van der Waals surface area contributed by atoms with Crippen LogP contribution >= 0.6 is 0 Å². The summed E-state index contributed by atoms with van der Waals surface area (Å²) < 4.78 is 5.67. The zero-order valence-electron chi connectivity index (χ0n) is 11.0. The van der Waals surface area contributed by atoms with Crippen molar-refractivity contribution in [1.82, 2.24) is 5.32 Å². The number of rotatable bonds is 4. The van der Waals surface area contributed by atoms with Gasteiger partial charge in [0.2, 0.25) is 0 Å². The van der Waals surface area contributed by atoms with Gasteiger partial charge in [-0.2, -0.15) is 0 Å². The van der Waals surface area contributed by atoms with Crippen molar-refractivity contribution in [1.29, 1.82) is 0 Å². The minimum atomic E-state index is -0.576. The van der Waals surface area contributed by atoms with E-state index in [2.05, 4.69) is 5.32 Å². The molecule has 0 aliphatic carbocycles. The number of hydrogen-bond donors (Lipinski definition) is 2. The lowest BCUT2D eigenvalue weighted by Gasteiger charge is -2.16. The van der Waals surface area contributed by atoms with Crippen molar-refractivity contribution in [2.45, 2.75) is 20.0 Å². The number of aromatic hydroxyl groups is 1. The maximum Gasteiger partial charge on any atom is 0.260 e. The molecule has 1 amide bonds. The van der Waals surface area contributed by atoms with E-state index in [0.29, 0.717) is 17.7 Å². The Bertz CT molecular complexity index is 595. The lowest BCUT2D eigenvalue weighted by Crippen LogP contribution is -2.36. The zero-order chi connectivity index (χ0) is 13.8. The summed E-state index contributed by atoms with van der Waals surface area (Å²) in [7, 11) is 0. The van der Waals surface area contributed by atoms with Crippen LogP contribution in [0.15, 0.2) is 36.4 Å². The second-order valence-corrected chi connectivity index (χ2v) is 4.28. The van der Waals surface area contributed by atoms with Crippen molar-refractivity contribution in [3.05, 3.63) is 36.4 Å². The van der Waals surface area contributed by atoms with Gasteiger partial charge in [0, 0.05) is 17.3 Å². The maximum absolute atomic E-state index is 11.7. The van der Waals surface area contributed by atoms with Crippen LogP contribution in [0.1, 0.15) is 13.8 Å². The van der Waals surface area contributed by atoms with Gasteiger partial charge in [-0.15, -0.1) is 0 Å². The molecule has 0 saturated heterocycles. The molecule has 1 atom stereocenters. The molecular weight excluding hydrogens is 242 g/mol. The fourth-order valence-electron chi connectivity index (χ4n) is 1.92. The molecule has 2 rings (SSSR count). The molecule has 0 fully saturated rings. The minimum Gasteiger partial charge on any atom is -0.507 e. The molecule has 2 N–H and O–H groups in total. The third kappa shape index (κ3) is 2.78. The molecule has 2 aromatic rings. The predicted octanol–water partition coefficient (Wildman–Crippen LogP) is 2.45. The Morgan fingerprint density at radius 3 is 2.63 bits per heavy atom. The van der Waals surface area contributed by atoms with Crippen molar-refractivity contribution >= 4 is 16.7 Å². The standard InChI is InChI=1S/C15H17NO3/c1-3-16-15(18)10(2)19-14-9-8-13(17)11-6-4-5-7-12(11)14/h4-10,17H,3H2,1-2H3,(H,16,18). The number of likely N-dealkylation sites (N-methyl/N-ethyl adjacent to an activating group) is 1. The van der Waals surface area contributed by atoms with Crippen LogP contribution in [0.25, 0.3) is 10.8 Å². The van der Waals surface area contributed by atoms with Crippen molar-refractivity contribution in [3.8, 4) is 11.5 Å². The molecule has 0 aliphatic heterocycles. The summed E-state index contributed by atoms with van der Waals surface area (Å²) in [5.41, 5.74) is 0. The molecular formula is C15H17NO3. The van der Waals surface area contributed by atoms with Gasteiger partial charge in [0.1, 0.15) is 11.5 Å². The van der Waals surface area contributed by atoms with E-state index in [1.165, 1.54) is 0 Å². The molecule has 2 aromatic carbocycles. The third-order valence-electron chi connectivity index (χ3n) is 2.89. The van der Waals surface area contributed by atoms with Gasteiger partial charge in [-0.05, 0) is 26.0 Å². The van der Waals surface area contributed by atoms with Gasteiger partial charge in [-0.25, -0.2) is 0 Å². The first-order chi connectivity index (χ1) is 9.13. The Morgan fingerprint density at radius 1 is 1.26 bits per heavy atom. The summed E-state index contributed by atoms with van der Waals surface area (Å²) in [5.74, 6) is 0.639. The summed E-state index contributed by atoms with van der Waals surface area (Å²) >= 11 is 0. The maximum atomic E-state index is 11.7. The third-order valence-corrected chi connectivity index (χ3v) is 2.89. The summed E-state index contributed by atoms with van der Waals surface area (Å²) in [6.07, 6.45) is -0.576. The average Bonchev–Trinajstić information content (AvgIpc) is 2.42. The molecule has 19 heavy (non-hydrogen) atoms. The van der Waals surface area contributed by atoms with E-state index >= 15 is 0 Å². The number of carbonyl (C=O) groups excluding carboxylic acids is 1. The average molecular weight is 259 g/mol. The van der Waals surface area contributed by atoms with E-state index < -0.39 is 6.10 Å². The van der Waals surface area contributed by atoms with Crippen molar-refractivity contribution in [2.24, 2.45) is 0 Å². The molecule has 0 saturated carbocycles. The number of hydrogen-bond acceptors (Lipinski definition) is 3. The van der Waals surface area contributed by atoms with Crippen molar-refractivity contribution in [3.63, 3.8) is 0 Å². The van der Waals surface area contributed by atoms with E-state index in [-0.39, 0.29) is 11.7 Å². The molecule has 1 unspecified atom stereocenters. The Kier molecular flexibility index (Phi) is 3.90. The fraction of sp³-hybridized carbons (Fsp3) is 0.267. The summed E-state index contributed by atoms with van der Waals surface area (Å²) in [6.45, 7) is 4.13. The number of fused-ring (bicyclic) bond motifs is 1. The Morgan fingerprint density at radius 2 is 1.95 bits per heavy atom. The van der Waals surface area contributed by atoms with Gasteiger partial charge in [0.25, 0.3) is 5.91 Å². The highest BCUT2D eigenvalue weighted by Crippen LogP contribution is 2.32. The Balaban J connectivity index is 2.31. The van der Waals surface area contributed by atoms with Crippen LogP contribution in [0.2, 0.25) is 0 Å². The Labute approximate surface area is 112 Å². The molecule has 0 aromatic heterocycles. The normalized spacial score (nSPS) is 12.1. The van der Waals surface area contributed by atoms with Gasteiger partial charge in [0.05, 0.1) is 0 Å². The first-order valence-corrected chi connectivity index (χ1v) is 6.28. The summed E-state index contributed by atoms with van der Waals surface area (Å²) in [4.78, 5) is 11.7. The quantitative estimate of drug-likeness (QED) is 0.886. The van der Waals surface area contributed by atoms with E-state index in [4.69, 9.17) is 4.74 Å². The minimum absolute atomic E-state index is 0.153. The molecule has 0 bridgehead atoms. The van der Waals surface area contributed by atoms with Gasteiger partial charge < -0.3 is 15.2 Å². The van der Waals surface area contributed by atoms with Crippen molar-refractivity contribution in [2.75, 3.05) is 6.54 Å². The van der Waals surface area contributed by atoms with Gasteiger partial charge in [-0.3, -0.25) is 4.79 Å². The lowest BCUT2D eigenvalue weighted by molar-refractivity contribution is -0.127. The van der Waals surface area contributed by atoms with E-state index in [9.17, 15) is 9.90 Å². The number of phenols is 1. The van der Waals surface area contributed by atoms with Gasteiger partial charge in [-0.1, -0.05) is 24.3 Å². The zero-order valence-corrected chi connectivity index (χ0v) is 11.0. The molecule has 4 nitrogen and oxygen atoms in total. The largest absolute Gasteiger partial charge is 0.507 e. The highest BCUT2D eigenvalue weighted by Gasteiger charge is 2.15. The van der Waals surface area contributed by atoms with Crippen LogP contribution in [0.5, 0.6) is 11.5 Å².